The highest BCUT2D eigenvalue weighted by Crippen LogP contribution is 2.27. The average molecular weight is 309 g/mol. The van der Waals surface area contributed by atoms with Gasteiger partial charge in [0.05, 0.1) is 10.7 Å². The van der Waals surface area contributed by atoms with Gasteiger partial charge in [0.1, 0.15) is 6.04 Å². The largest absolute Gasteiger partial charge is 0.354 e. The SMILES string of the molecule is CC(=O)NC(C(=O)NCCc1csc(C)n1)C1CCCC1. The number of amides is 2. The molecule has 0 radical (unpaired) electrons. The van der Waals surface area contributed by atoms with E-state index in [-0.39, 0.29) is 23.8 Å². The molecular weight excluding hydrogens is 286 g/mol. The molecule has 0 spiro atoms. The number of carbonyl (C=O) groups excluding carboxylic acids is 2. The lowest BCUT2D eigenvalue weighted by Crippen LogP contribution is -2.50. The minimum Gasteiger partial charge on any atom is -0.354 e. The summed E-state index contributed by atoms with van der Waals surface area (Å²) in [5.74, 6) is 0.0663. The first-order valence-electron chi connectivity index (χ1n) is 7.52. The van der Waals surface area contributed by atoms with Crippen LogP contribution in [0.4, 0.5) is 0 Å². The second-order valence-electron chi connectivity index (χ2n) is 5.62. The Morgan fingerprint density at radius 2 is 2.14 bits per heavy atom. The Labute approximate surface area is 129 Å². The predicted octanol–water partition coefficient (Wildman–Crippen LogP) is 1.81. The van der Waals surface area contributed by atoms with Gasteiger partial charge in [0.25, 0.3) is 0 Å². The summed E-state index contributed by atoms with van der Waals surface area (Å²) < 4.78 is 0. The lowest BCUT2D eigenvalue weighted by Gasteiger charge is -2.23. The summed E-state index contributed by atoms with van der Waals surface area (Å²) >= 11 is 1.62. The highest BCUT2D eigenvalue weighted by molar-refractivity contribution is 7.09. The predicted molar refractivity (Wildman–Crippen MR) is 83.1 cm³/mol. The van der Waals surface area contributed by atoms with Crippen molar-refractivity contribution in [1.82, 2.24) is 15.6 Å². The van der Waals surface area contributed by atoms with Gasteiger partial charge in [-0.15, -0.1) is 11.3 Å². The molecule has 21 heavy (non-hydrogen) atoms. The molecule has 116 valence electrons. The van der Waals surface area contributed by atoms with Gasteiger partial charge >= 0.3 is 0 Å². The molecule has 1 fully saturated rings. The zero-order valence-electron chi connectivity index (χ0n) is 12.6. The summed E-state index contributed by atoms with van der Waals surface area (Å²) in [6, 6.07) is -0.387. The molecule has 1 aliphatic rings. The first-order valence-corrected chi connectivity index (χ1v) is 8.40. The van der Waals surface area contributed by atoms with E-state index in [0.29, 0.717) is 6.54 Å². The number of nitrogens with one attached hydrogen (secondary N) is 2. The molecule has 1 aromatic heterocycles. The Morgan fingerprint density at radius 3 is 2.71 bits per heavy atom. The molecule has 0 aliphatic heterocycles. The highest BCUT2D eigenvalue weighted by Gasteiger charge is 2.30. The molecule has 1 atom stereocenters. The maximum Gasteiger partial charge on any atom is 0.242 e. The van der Waals surface area contributed by atoms with Gasteiger partial charge in [-0.3, -0.25) is 9.59 Å². The summed E-state index contributed by atoms with van der Waals surface area (Å²) in [6.07, 6.45) is 5.05. The first-order chi connectivity index (χ1) is 10.1. The van der Waals surface area contributed by atoms with Gasteiger partial charge in [0.15, 0.2) is 0 Å². The van der Waals surface area contributed by atoms with Crippen LogP contribution < -0.4 is 10.6 Å². The molecule has 1 saturated carbocycles. The van der Waals surface area contributed by atoms with Crippen LogP contribution >= 0.6 is 11.3 Å². The van der Waals surface area contributed by atoms with Gasteiger partial charge in [-0.2, -0.15) is 0 Å². The van der Waals surface area contributed by atoms with Crippen molar-refractivity contribution in [1.29, 1.82) is 0 Å². The van der Waals surface area contributed by atoms with Crippen LogP contribution in [0.1, 0.15) is 43.3 Å². The number of hydrogen-bond donors (Lipinski definition) is 2. The molecule has 2 N–H and O–H groups in total. The molecule has 5 nitrogen and oxygen atoms in total. The van der Waals surface area contributed by atoms with Crippen LogP contribution in [0.5, 0.6) is 0 Å². The van der Waals surface area contributed by atoms with Crippen LogP contribution in [0.2, 0.25) is 0 Å². The molecule has 2 rings (SSSR count). The van der Waals surface area contributed by atoms with E-state index < -0.39 is 0 Å². The minimum absolute atomic E-state index is 0.0657. The van der Waals surface area contributed by atoms with Crippen molar-refractivity contribution in [2.24, 2.45) is 5.92 Å². The van der Waals surface area contributed by atoms with E-state index in [1.54, 1.807) is 11.3 Å². The number of aryl methyl sites for hydroxylation is 1. The summed E-state index contributed by atoms with van der Waals surface area (Å²) in [7, 11) is 0. The number of nitrogens with zero attached hydrogens (tertiary/aromatic N) is 1. The van der Waals surface area contributed by atoms with Gasteiger partial charge in [0.2, 0.25) is 11.8 Å². The van der Waals surface area contributed by atoms with Crippen LogP contribution in [-0.2, 0) is 16.0 Å². The molecule has 1 unspecified atom stereocenters. The van der Waals surface area contributed by atoms with Gasteiger partial charge < -0.3 is 10.6 Å². The highest BCUT2D eigenvalue weighted by atomic mass is 32.1. The Balaban J connectivity index is 1.84. The van der Waals surface area contributed by atoms with Crippen molar-refractivity contribution >= 4 is 23.2 Å². The van der Waals surface area contributed by atoms with E-state index in [4.69, 9.17) is 0 Å². The monoisotopic (exact) mass is 309 g/mol. The van der Waals surface area contributed by atoms with E-state index in [9.17, 15) is 9.59 Å². The third-order valence-electron chi connectivity index (χ3n) is 3.86. The van der Waals surface area contributed by atoms with Crippen LogP contribution in [0.15, 0.2) is 5.38 Å². The second kappa shape index (κ2) is 7.54. The molecule has 1 aliphatic carbocycles. The second-order valence-corrected chi connectivity index (χ2v) is 6.68. The molecule has 0 aromatic carbocycles. The fourth-order valence-corrected chi connectivity index (χ4v) is 3.50. The quantitative estimate of drug-likeness (QED) is 0.842. The van der Waals surface area contributed by atoms with Gasteiger partial charge in [-0.25, -0.2) is 4.98 Å². The number of carbonyl (C=O) groups is 2. The lowest BCUT2D eigenvalue weighted by molar-refractivity contribution is -0.129. The van der Waals surface area contributed by atoms with Crippen molar-refractivity contribution in [3.05, 3.63) is 16.1 Å². The third-order valence-corrected chi connectivity index (χ3v) is 4.68. The van der Waals surface area contributed by atoms with Gasteiger partial charge in [0, 0.05) is 25.3 Å². The van der Waals surface area contributed by atoms with Crippen molar-refractivity contribution < 1.29 is 9.59 Å². The summed E-state index contributed by atoms with van der Waals surface area (Å²) in [5, 5.41) is 8.80. The Hall–Kier alpha value is -1.43. The number of aromatic nitrogens is 1. The molecule has 0 saturated heterocycles. The topological polar surface area (TPSA) is 71.1 Å². The average Bonchev–Trinajstić information content (AvgIpc) is 3.07. The van der Waals surface area contributed by atoms with Gasteiger partial charge in [-0.05, 0) is 25.7 Å². The smallest absolute Gasteiger partial charge is 0.242 e. The number of hydrogen-bond acceptors (Lipinski definition) is 4. The van der Waals surface area contributed by atoms with Crippen LogP contribution in [0.3, 0.4) is 0 Å². The third kappa shape index (κ3) is 4.81. The maximum absolute atomic E-state index is 12.3. The summed E-state index contributed by atoms with van der Waals surface area (Å²) in [6.45, 7) is 4.00. The normalized spacial score (nSPS) is 16.7. The molecule has 2 amide bonds. The van der Waals surface area contributed by atoms with Crippen molar-refractivity contribution in [3.63, 3.8) is 0 Å². The molecule has 0 bridgehead atoms. The zero-order chi connectivity index (χ0) is 15.2. The number of rotatable bonds is 6. The first kappa shape index (κ1) is 15.9. The molecule has 1 heterocycles. The molecule has 6 heteroatoms. The van der Waals surface area contributed by atoms with Crippen molar-refractivity contribution in [2.45, 2.75) is 52.0 Å². The van der Waals surface area contributed by atoms with Crippen LogP contribution in [0, 0.1) is 12.8 Å². The maximum atomic E-state index is 12.3. The van der Waals surface area contributed by atoms with Gasteiger partial charge in [-0.1, -0.05) is 12.8 Å². The summed E-state index contributed by atoms with van der Waals surface area (Å²) in [4.78, 5) is 28.0. The van der Waals surface area contributed by atoms with E-state index in [1.807, 2.05) is 12.3 Å². The summed E-state index contributed by atoms with van der Waals surface area (Å²) in [5.41, 5.74) is 1.01. The van der Waals surface area contributed by atoms with Crippen molar-refractivity contribution in [2.75, 3.05) is 6.54 Å². The lowest BCUT2D eigenvalue weighted by atomic mass is 9.97. The van der Waals surface area contributed by atoms with E-state index in [2.05, 4.69) is 15.6 Å². The van der Waals surface area contributed by atoms with E-state index >= 15 is 0 Å². The Morgan fingerprint density at radius 1 is 1.43 bits per heavy atom. The molecular formula is C15H23N3O2S. The van der Waals surface area contributed by atoms with Crippen LogP contribution in [-0.4, -0.2) is 29.4 Å². The van der Waals surface area contributed by atoms with Crippen molar-refractivity contribution in [3.8, 4) is 0 Å². The fraction of sp³-hybridized carbons (Fsp3) is 0.667. The Bertz CT molecular complexity index is 495. The Kier molecular flexibility index (Phi) is 5.73. The zero-order valence-corrected chi connectivity index (χ0v) is 13.5. The van der Waals surface area contributed by atoms with E-state index in [0.717, 1.165) is 42.8 Å². The minimum atomic E-state index is -0.387. The standard InChI is InChI=1S/C15H23N3O2S/c1-10(19)17-14(12-5-3-4-6-12)15(20)16-8-7-13-9-21-11(2)18-13/h9,12,14H,3-8H2,1-2H3,(H,16,20)(H,17,19). The number of thiazole rings is 1. The van der Waals surface area contributed by atoms with Crippen LogP contribution in [0.25, 0.3) is 0 Å². The molecule has 1 aromatic rings. The fourth-order valence-electron chi connectivity index (χ4n) is 2.85. The van der Waals surface area contributed by atoms with E-state index in [1.165, 1.54) is 6.92 Å².